The van der Waals surface area contributed by atoms with Gasteiger partial charge in [-0.1, -0.05) is 0 Å². The largest absolute Gasteiger partial charge is 0.491 e. The Balaban J connectivity index is 2.24. The van der Waals surface area contributed by atoms with E-state index in [0.29, 0.717) is 6.61 Å². The van der Waals surface area contributed by atoms with Crippen molar-refractivity contribution < 1.29 is 9.13 Å². The first-order chi connectivity index (χ1) is 8.74. The molecule has 0 radical (unpaired) electrons. The van der Waals surface area contributed by atoms with Crippen molar-refractivity contribution in [2.75, 3.05) is 13.7 Å². The predicted octanol–water partition coefficient (Wildman–Crippen LogP) is 3.07. The van der Waals surface area contributed by atoms with Crippen molar-refractivity contribution in [1.29, 1.82) is 0 Å². The fourth-order valence-corrected chi connectivity index (χ4v) is 2.43. The van der Waals surface area contributed by atoms with E-state index in [9.17, 15) is 4.39 Å². The lowest BCUT2D eigenvalue weighted by atomic mass is 10.2. The molecular formula is C13H15FN2OS. The molecule has 0 aliphatic rings. The molecule has 1 aromatic heterocycles. The van der Waals surface area contributed by atoms with Crippen molar-refractivity contribution in [2.45, 2.75) is 13.5 Å². The number of nitrogens with zero attached hydrogens (tertiary/aromatic N) is 1. The summed E-state index contributed by atoms with van der Waals surface area (Å²) in [4.78, 5) is 4.44. The maximum absolute atomic E-state index is 13.7. The molecule has 0 fully saturated rings. The third kappa shape index (κ3) is 2.86. The normalized spacial score (nSPS) is 10.6. The molecule has 0 aliphatic heterocycles. The van der Waals surface area contributed by atoms with E-state index in [1.807, 2.05) is 25.4 Å². The zero-order chi connectivity index (χ0) is 13.0. The van der Waals surface area contributed by atoms with Crippen LogP contribution >= 0.6 is 11.3 Å². The number of ether oxygens (including phenoxy) is 1. The van der Waals surface area contributed by atoms with Gasteiger partial charge in [0.2, 0.25) is 0 Å². The minimum Gasteiger partial charge on any atom is -0.491 e. The highest BCUT2D eigenvalue weighted by Gasteiger charge is 2.08. The van der Waals surface area contributed by atoms with E-state index in [1.54, 1.807) is 6.07 Å². The fraction of sp³-hybridized carbons (Fsp3) is 0.308. The zero-order valence-electron chi connectivity index (χ0n) is 10.4. The van der Waals surface area contributed by atoms with Crippen LogP contribution in [0.5, 0.6) is 5.75 Å². The lowest BCUT2D eigenvalue weighted by Crippen LogP contribution is -2.04. The maximum Gasteiger partial charge on any atom is 0.165 e. The van der Waals surface area contributed by atoms with Crippen molar-refractivity contribution in [1.82, 2.24) is 10.3 Å². The van der Waals surface area contributed by atoms with Crippen LogP contribution in [0.3, 0.4) is 0 Å². The molecule has 5 heteroatoms. The monoisotopic (exact) mass is 266 g/mol. The lowest BCUT2D eigenvalue weighted by molar-refractivity contribution is 0.321. The van der Waals surface area contributed by atoms with Gasteiger partial charge in [0.15, 0.2) is 11.6 Å². The van der Waals surface area contributed by atoms with Crippen molar-refractivity contribution in [2.24, 2.45) is 0 Å². The van der Waals surface area contributed by atoms with Gasteiger partial charge < -0.3 is 10.1 Å². The second-order valence-electron chi connectivity index (χ2n) is 3.75. The quantitative estimate of drug-likeness (QED) is 0.903. The highest BCUT2D eigenvalue weighted by molar-refractivity contribution is 7.13. The summed E-state index contributed by atoms with van der Waals surface area (Å²) in [6.45, 7) is 3.01. The average Bonchev–Trinajstić information content (AvgIpc) is 2.81. The number of rotatable bonds is 5. The third-order valence-electron chi connectivity index (χ3n) is 2.39. The van der Waals surface area contributed by atoms with Crippen LogP contribution in [0, 0.1) is 5.82 Å². The number of halogens is 1. The Bertz CT molecular complexity index is 527. The van der Waals surface area contributed by atoms with E-state index in [1.165, 1.54) is 17.4 Å². The molecule has 2 rings (SSSR count). The molecular weight excluding hydrogens is 251 g/mol. The van der Waals surface area contributed by atoms with E-state index in [2.05, 4.69) is 10.3 Å². The van der Waals surface area contributed by atoms with Gasteiger partial charge in [0, 0.05) is 17.5 Å². The van der Waals surface area contributed by atoms with Crippen LogP contribution in [0.4, 0.5) is 4.39 Å². The number of nitrogens with one attached hydrogen (secondary N) is 1. The molecule has 0 saturated carbocycles. The first-order valence-electron chi connectivity index (χ1n) is 5.76. The van der Waals surface area contributed by atoms with Crippen LogP contribution in [0.25, 0.3) is 10.6 Å². The number of benzene rings is 1. The van der Waals surface area contributed by atoms with Gasteiger partial charge in [-0.25, -0.2) is 9.37 Å². The van der Waals surface area contributed by atoms with Gasteiger partial charge in [-0.05, 0) is 32.2 Å². The SMILES string of the molecule is CCOc1ccc(-c2nc(CNC)cs2)cc1F. The molecule has 96 valence electrons. The molecule has 1 aromatic carbocycles. The van der Waals surface area contributed by atoms with E-state index in [0.717, 1.165) is 22.8 Å². The Morgan fingerprint density at radius 1 is 1.44 bits per heavy atom. The number of thiazole rings is 1. The van der Waals surface area contributed by atoms with E-state index >= 15 is 0 Å². The van der Waals surface area contributed by atoms with Crippen LogP contribution in [0.1, 0.15) is 12.6 Å². The standard InChI is InChI=1S/C13H15FN2OS/c1-3-17-12-5-4-9(6-11(12)14)13-16-10(7-15-2)8-18-13/h4-6,8,15H,3,7H2,1-2H3. The first kappa shape index (κ1) is 13.0. The Labute approximate surface area is 110 Å². The van der Waals surface area contributed by atoms with Gasteiger partial charge in [0.1, 0.15) is 5.01 Å². The fourth-order valence-electron chi connectivity index (χ4n) is 1.61. The molecule has 0 atom stereocenters. The molecule has 0 spiro atoms. The third-order valence-corrected chi connectivity index (χ3v) is 3.33. The summed E-state index contributed by atoms with van der Waals surface area (Å²) in [6.07, 6.45) is 0. The van der Waals surface area contributed by atoms with Crippen LogP contribution in [-0.4, -0.2) is 18.6 Å². The summed E-state index contributed by atoms with van der Waals surface area (Å²) in [5, 5.41) is 5.83. The Morgan fingerprint density at radius 2 is 2.28 bits per heavy atom. The molecule has 0 amide bonds. The second kappa shape index (κ2) is 5.93. The van der Waals surface area contributed by atoms with Crippen LogP contribution in [-0.2, 0) is 6.54 Å². The van der Waals surface area contributed by atoms with Crippen LogP contribution in [0.2, 0.25) is 0 Å². The van der Waals surface area contributed by atoms with Crippen molar-refractivity contribution >= 4 is 11.3 Å². The Morgan fingerprint density at radius 3 is 2.94 bits per heavy atom. The van der Waals surface area contributed by atoms with Gasteiger partial charge in [0.25, 0.3) is 0 Å². The summed E-state index contributed by atoms with van der Waals surface area (Å²) >= 11 is 1.51. The maximum atomic E-state index is 13.7. The summed E-state index contributed by atoms with van der Waals surface area (Å²) in [7, 11) is 1.87. The Kier molecular flexibility index (Phi) is 4.28. The number of hydrogen-bond acceptors (Lipinski definition) is 4. The predicted molar refractivity (Wildman–Crippen MR) is 71.4 cm³/mol. The van der Waals surface area contributed by atoms with E-state index < -0.39 is 0 Å². The number of aromatic nitrogens is 1. The van der Waals surface area contributed by atoms with E-state index in [4.69, 9.17) is 4.74 Å². The smallest absolute Gasteiger partial charge is 0.165 e. The first-order valence-corrected chi connectivity index (χ1v) is 6.64. The van der Waals surface area contributed by atoms with Crippen molar-refractivity contribution in [3.8, 4) is 16.3 Å². The van der Waals surface area contributed by atoms with Gasteiger partial charge in [0.05, 0.1) is 12.3 Å². The van der Waals surface area contributed by atoms with Crippen molar-refractivity contribution in [3.63, 3.8) is 0 Å². The average molecular weight is 266 g/mol. The summed E-state index contributed by atoms with van der Waals surface area (Å²) < 4.78 is 18.9. The molecule has 0 unspecified atom stereocenters. The minimum atomic E-state index is -0.347. The topological polar surface area (TPSA) is 34.1 Å². The summed E-state index contributed by atoms with van der Waals surface area (Å²) in [5.41, 5.74) is 1.75. The number of hydrogen-bond donors (Lipinski definition) is 1. The summed E-state index contributed by atoms with van der Waals surface area (Å²) in [6, 6.07) is 4.94. The van der Waals surface area contributed by atoms with Crippen LogP contribution < -0.4 is 10.1 Å². The minimum absolute atomic E-state index is 0.285. The highest BCUT2D eigenvalue weighted by atomic mass is 32.1. The van der Waals surface area contributed by atoms with E-state index in [-0.39, 0.29) is 11.6 Å². The highest BCUT2D eigenvalue weighted by Crippen LogP contribution is 2.28. The zero-order valence-corrected chi connectivity index (χ0v) is 11.2. The molecule has 0 saturated heterocycles. The molecule has 0 aliphatic carbocycles. The van der Waals surface area contributed by atoms with Gasteiger partial charge in [-0.15, -0.1) is 11.3 Å². The second-order valence-corrected chi connectivity index (χ2v) is 4.61. The molecule has 2 aromatic rings. The van der Waals surface area contributed by atoms with Gasteiger partial charge in [-0.2, -0.15) is 0 Å². The lowest BCUT2D eigenvalue weighted by Gasteiger charge is -2.05. The summed E-state index contributed by atoms with van der Waals surface area (Å²) in [5.74, 6) is -0.0621. The molecule has 1 heterocycles. The molecule has 18 heavy (non-hydrogen) atoms. The Hall–Kier alpha value is -1.46. The van der Waals surface area contributed by atoms with Crippen molar-refractivity contribution in [3.05, 3.63) is 35.1 Å². The molecule has 1 N–H and O–H groups in total. The molecule has 0 bridgehead atoms. The van der Waals surface area contributed by atoms with Gasteiger partial charge >= 0.3 is 0 Å². The van der Waals surface area contributed by atoms with Gasteiger partial charge in [-0.3, -0.25) is 0 Å². The van der Waals surface area contributed by atoms with Crippen LogP contribution in [0.15, 0.2) is 23.6 Å². The molecule has 3 nitrogen and oxygen atoms in total.